The van der Waals surface area contributed by atoms with Gasteiger partial charge >= 0.3 is 0 Å². The van der Waals surface area contributed by atoms with Crippen LogP contribution in [0.15, 0.2) is 52.3 Å². The molecule has 0 bridgehead atoms. The molecule has 122 valence electrons. The number of aromatic nitrogens is 1. The fraction of sp³-hybridized carbons (Fsp3) is 0.111. The molecule has 0 aliphatic carbocycles. The number of halogens is 1. The van der Waals surface area contributed by atoms with E-state index >= 15 is 0 Å². The van der Waals surface area contributed by atoms with Crippen molar-refractivity contribution in [3.63, 3.8) is 0 Å². The molecule has 2 N–H and O–H groups in total. The van der Waals surface area contributed by atoms with E-state index in [1.165, 1.54) is 11.3 Å². The Morgan fingerprint density at radius 3 is 2.42 bits per heavy atom. The second-order valence-electron chi connectivity index (χ2n) is 5.39. The summed E-state index contributed by atoms with van der Waals surface area (Å²) in [5.41, 5.74) is 4.46. The molecular formula is C18H16BrN3OS. The molecular weight excluding hydrogens is 386 g/mol. The number of benzene rings is 2. The van der Waals surface area contributed by atoms with E-state index in [9.17, 15) is 4.79 Å². The van der Waals surface area contributed by atoms with Gasteiger partial charge in [-0.2, -0.15) is 0 Å². The zero-order chi connectivity index (χ0) is 17.1. The van der Waals surface area contributed by atoms with Gasteiger partial charge in [0, 0.05) is 21.2 Å². The second kappa shape index (κ2) is 7.15. The quantitative estimate of drug-likeness (QED) is 0.604. The van der Waals surface area contributed by atoms with Crippen LogP contribution in [0.25, 0.3) is 0 Å². The van der Waals surface area contributed by atoms with Crippen LogP contribution in [0, 0.1) is 13.8 Å². The standard InChI is InChI=1S/C18H16BrN3OS/c1-11-4-3-5-12(2)16(11)22-18-21-15(10-24-18)17(23)20-14-8-6-13(19)7-9-14/h3-10H,1-2H3,(H,20,23)(H,21,22). The summed E-state index contributed by atoms with van der Waals surface area (Å²) in [7, 11) is 0. The van der Waals surface area contributed by atoms with Crippen LogP contribution in [-0.2, 0) is 0 Å². The van der Waals surface area contributed by atoms with Crippen LogP contribution in [0.4, 0.5) is 16.5 Å². The van der Waals surface area contributed by atoms with E-state index in [0.29, 0.717) is 10.8 Å². The predicted molar refractivity (Wildman–Crippen MR) is 103 cm³/mol. The Morgan fingerprint density at radius 1 is 1.08 bits per heavy atom. The molecule has 1 heterocycles. The Bertz CT molecular complexity index is 854. The highest BCUT2D eigenvalue weighted by Gasteiger charge is 2.12. The lowest BCUT2D eigenvalue weighted by molar-refractivity contribution is 0.102. The summed E-state index contributed by atoms with van der Waals surface area (Å²) in [6.45, 7) is 4.09. The summed E-state index contributed by atoms with van der Waals surface area (Å²) < 4.78 is 0.967. The summed E-state index contributed by atoms with van der Waals surface area (Å²) in [6, 6.07) is 13.5. The van der Waals surface area contributed by atoms with Gasteiger partial charge in [0.2, 0.25) is 0 Å². The monoisotopic (exact) mass is 401 g/mol. The first-order valence-electron chi connectivity index (χ1n) is 7.38. The number of anilines is 3. The van der Waals surface area contributed by atoms with Crippen molar-refractivity contribution in [3.8, 4) is 0 Å². The first kappa shape index (κ1) is 16.7. The van der Waals surface area contributed by atoms with Crippen LogP contribution >= 0.6 is 27.3 Å². The van der Waals surface area contributed by atoms with E-state index in [0.717, 1.165) is 27.0 Å². The van der Waals surface area contributed by atoms with Gasteiger partial charge in [0.1, 0.15) is 5.69 Å². The molecule has 0 radical (unpaired) electrons. The van der Waals surface area contributed by atoms with Crippen LogP contribution in [0.2, 0.25) is 0 Å². The maximum Gasteiger partial charge on any atom is 0.275 e. The van der Waals surface area contributed by atoms with E-state index in [1.54, 1.807) is 5.38 Å². The summed E-state index contributed by atoms with van der Waals surface area (Å²) in [4.78, 5) is 16.7. The first-order valence-corrected chi connectivity index (χ1v) is 9.06. The molecule has 2 aromatic carbocycles. The number of aryl methyl sites for hydroxylation is 2. The van der Waals surface area contributed by atoms with Crippen LogP contribution in [0.3, 0.4) is 0 Å². The molecule has 0 saturated carbocycles. The van der Waals surface area contributed by atoms with Gasteiger partial charge in [-0.25, -0.2) is 4.98 Å². The number of hydrogen-bond donors (Lipinski definition) is 2. The summed E-state index contributed by atoms with van der Waals surface area (Å²) in [5.74, 6) is -0.219. The fourth-order valence-corrected chi connectivity index (χ4v) is 3.24. The molecule has 0 unspecified atom stereocenters. The highest BCUT2D eigenvalue weighted by Crippen LogP contribution is 2.26. The number of amides is 1. The van der Waals surface area contributed by atoms with Gasteiger partial charge < -0.3 is 10.6 Å². The molecule has 3 aromatic rings. The molecule has 0 atom stereocenters. The van der Waals surface area contributed by atoms with Crippen LogP contribution in [0.5, 0.6) is 0 Å². The number of para-hydroxylation sites is 1. The van der Waals surface area contributed by atoms with Crippen molar-refractivity contribution in [2.24, 2.45) is 0 Å². The molecule has 0 aliphatic heterocycles. The predicted octanol–water partition coefficient (Wildman–Crippen LogP) is 5.52. The van der Waals surface area contributed by atoms with Crippen molar-refractivity contribution in [2.75, 3.05) is 10.6 Å². The number of thiazole rings is 1. The van der Waals surface area contributed by atoms with Gasteiger partial charge in [0.15, 0.2) is 5.13 Å². The van der Waals surface area contributed by atoms with Crippen molar-refractivity contribution in [2.45, 2.75) is 13.8 Å². The lowest BCUT2D eigenvalue weighted by atomic mass is 10.1. The normalized spacial score (nSPS) is 10.5. The highest BCUT2D eigenvalue weighted by molar-refractivity contribution is 9.10. The highest BCUT2D eigenvalue weighted by atomic mass is 79.9. The third-order valence-electron chi connectivity index (χ3n) is 3.55. The van der Waals surface area contributed by atoms with E-state index in [1.807, 2.05) is 56.3 Å². The minimum absolute atomic E-state index is 0.219. The fourth-order valence-electron chi connectivity index (χ4n) is 2.28. The number of rotatable bonds is 4. The Kier molecular flexibility index (Phi) is 4.97. The number of carbonyl (C=O) groups excluding carboxylic acids is 1. The van der Waals surface area contributed by atoms with E-state index < -0.39 is 0 Å². The molecule has 1 amide bonds. The molecule has 0 fully saturated rings. The maximum atomic E-state index is 12.3. The second-order valence-corrected chi connectivity index (χ2v) is 7.16. The summed E-state index contributed by atoms with van der Waals surface area (Å²) in [6.07, 6.45) is 0. The molecule has 1 aromatic heterocycles. The van der Waals surface area contributed by atoms with Gasteiger partial charge in [0.05, 0.1) is 0 Å². The lowest BCUT2D eigenvalue weighted by Gasteiger charge is -2.09. The third kappa shape index (κ3) is 3.83. The van der Waals surface area contributed by atoms with Crippen LogP contribution in [0.1, 0.15) is 21.6 Å². The number of nitrogens with zero attached hydrogens (tertiary/aromatic N) is 1. The van der Waals surface area contributed by atoms with E-state index in [2.05, 4.69) is 31.5 Å². The Hall–Kier alpha value is -2.18. The number of nitrogens with one attached hydrogen (secondary N) is 2. The largest absolute Gasteiger partial charge is 0.331 e. The third-order valence-corrected chi connectivity index (χ3v) is 4.84. The van der Waals surface area contributed by atoms with Gasteiger partial charge in [-0.05, 0) is 49.2 Å². The molecule has 4 nitrogen and oxygen atoms in total. The smallest absolute Gasteiger partial charge is 0.275 e. The van der Waals surface area contributed by atoms with Crippen LogP contribution in [-0.4, -0.2) is 10.9 Å². The first-order chi connectivity index (χ1) is 11.5. The van der Waals surface area contributed by atoms with Gasteiger partial charge in [0.25, 0.3) is 5.91 Å². The topological polar surface area (TPSA) is 54.0 Å². The molecule has 6 heteroatoms. The van der Waals surface area contributed by atoms with Gasteiger partial charge in [-0.15, -0.1) is 11.3 Å². The van der Waals surface area contributed by atoms with Crippen molar-refractivity contribution >= 4 is 49.7 Å². The van der Waals surface area contributed by atoms with Gasteiger partial charge in [-0.3, -0.25) is 4.79 Å². The molecule has 0 aliphatic rings. The lowest BCUT2D eigenvalue weighted by Crippen LogP contribution is -2.12. The maximum absolute atomic E-state index is 12.3. The summed E-state index contributed by atoms with van der Waals surface area (Å²) >= 11 is 4.78. The minimum atomic E-state index is -0.219. The molecule has 0 spiro atoms. The van der Waals surface area contributed by atoms with Crippen molar-refractivity contribution < 1.29 is 4.79 Å². The molecule has 0 saturated heterocycles. The Labute approximate surface area is 153 Å². The Balaban J connectivity index is 1.73. The van der Waals surface area contributed by atoms with E-state index in [4.69, 9.17) is 0 Å². The number of hydrogen-bond acceptors (Lipinski definition) is 4. The van der Waals surface area contributed by atoms with E-state index in [-0.39, 0.29) is 5.91 Å². The zero-order valence-electron chi connectivity index (χ0n) is 13.3. The average molecular weight is 402 g/mol. The van der Waals surface area contributed by atoms with Crippen molar-refractivity contribution in [3.05, 3.63) is 69.1 Å². The Morgan fingerprint density at radius 2 is 1.75 bits per heavy atom. The average Bonchev–Trinajstić information content (AvgIpc) is 3.02. The number of carbonyl (C=O) groups is 1. The van der Waals surface area contributed by atoms with Crippen LogP contribution < -0.4 is 10.6 Å². The van der Waals surface area contributed by atoms with Gasteiger partial charge in [-0.1, -0.05) is 34.1 Å². The molecule has 3 rings (SSSR count). The molecule has 24 heavy (non-hydrogen) atoms. The minimum Gasteiger partial charge on any atom is -0.331 e. The van der Waals surface area contributed by atoms with Crippen molar-refractivity contribution in [1.29, 1.82) is 0 Å². The van der Waals surface area contributed by atoms with Crippen molar-refractivity contribution in [1.82, 2.24) is 4.98 Å². The summed E-state index contributed by atoms with van der Waals surface area (Å²) in [5, 5.41) is 8.61. The zero-order valence-corrected chi connectivity index (χ0v) is 15.7. The SMILES string of the molecule is Cc1cccc(C)c1Nc1nc(C(=O)Nc2ccc(Br)cc2)cs1.